The Morgan fingerprint density at radius 2 is 2.06 bits per heavy atom. The van der Waals surface area contributed by atoms with Crippen LogP contribution in [-0.2, 0) is 4.79 Å². The van der Waals surface area contributed by atoms with Crippen molar-refractivity contribution in [3.63, 3.8) is 0 Å². The Balaban J connectivity index is 1.98. The lowest BCUT2D eigenvalue weighted by atomic mass is 9.89. The number of urea groups is 1. The average Bonchev–Trinajstić information content (AvgIpc) is 2.52. The van der Waals surface area contributed by atoms with Gasteiger partial charge in [0.25, 0.3) is 0 Å². The minimum Gasteiger partial charge on any atom is -0.351 e. The highest BCUT2D eigenvalue weighted by atomic mass is 16.2. The van der Waals surface area contributed by atoms with Crippen molar-refractivity contribution in [1.29, 1.82) is 0 Å². The summed E-state index contributed by atoms with van der Waals surface area (Å²) >= 11 is 0. The summed E-state index contributed by atoms with van der Waals surface area (Å²) in [6, 6.07) is 0.0753. The molecule has 2 heterocycles. The Labute approximate surface area is 102 Å². The highest BCUT2D eigenvalue weighted by molar-refractivity contribution is 5.79. The SMILES string of the molecule is CN(C)C(=O)N1CCC[C@@]2(CCC(=O)N2)CC1. The van der Waals surface area contributed by atoms with Gasteiger partial charge in [-0.3, -0.25) is 4.79 Å². The zero-order valence-electron chi connectivity index (χ0n) is 10.7. The van der Waals surface area contributed by atoms with Crippen LogP contribution in [-0.4, -0.2) is 54.5 Å². The first-order valence-corrected chi connectivity index (χ1v) is 6.30. The molecule has 5 nitrogen and oxygen atoms in total. The molecule has 2 aliphatic heterocycles. The second-order valence-corrected chi connectivity index (χ2v) is 5.35. The summed E-state index contributed by atoms with van der Waals surface area (Å²) < 4.78 is 0. The fraction of sp³-hybridized carbons (Fsp3) is 0.833. The lowest BCUT2D eigenvalue weighted by Crippen LogP contribution is -2.44. The van der Waals surface area contributed by atoms with Gasteiger partial charge >= 0.3 is 6.03 Å². The van der Waals surface area contributed by atoms with Crippen molar-refractivity contribution < 1.29 is 9.59 Å². The number of likely N-dealkylation sites (tertiary alicyclic amines) is 1. The molecule has 2 rings (SSSR count). The molecule has 2 aliphatic rings. The van der Waals surface area contributed by atoms with Crippen LogP contribution in [0.5, 0.6) is 0 Å². The molecule has 0 saturated carbocycles. The second-order valence-electron chi connectivity index (χ2n) is 5.35. The van der Waals surface area contributed by atoms with E-state index in [1.165, 1.54) is 0 Å². The molecule has 0 aromatic rings. The Bertz CT molecular complexity index is 330. The van der Waals surface area contributed by atoms with Crippen molar-refractivity contribution in [3.8, 4) is 0 Å². The molecule has 0 aliphatic carbocycles. The topological polar surface area (TPSA) is 52.7 Å². The molecule has 96 valence electrons. The highest BCUT2D eigenvalue weighted by Gasteiger charge is 2.39. The van der Waals surface area contributed by atoms with Crippen LogP contribution in [0.25, 0.3) is 0 Å². The summed E-state index contributed by atoms with van der Waals surface area (Å²) in [5.74, 6) is 0.164. The standard InChI is InChI=1S/C12H21N3O2/c1-14(2)11(17)15-8-3-5-12(7-9-15)6-4-10(16)13-12/h3-9H2,1-2H3,(H,13,16)/t12-/m1/s1. The summed E-state index contributed by atoms with van der Waals surface area (Å²) in [5, 5.41) is 3.11. The first-order chi connectivity index (χ1) is 8.02. The molecule has 0 bridgehead atoms. The van der Waals surface area contributed by atoms with E-state index in [0.717, 1.165) is 38.8 Å². The number of carbonyl (C=O) groups excluding carboxylic acids is 2. The first-order valence-electron chi connectivity index (χ1n) is 6.30. The maximum absolute atomic E-state index is 11.9. The Morgan fingerprint density at radius 1 is 1.29 bits per heavy atom. The van der Waals surface area contributed by atoms with Gasteiger partial charge in [0.15, 0.2) is 0 Å². The summed E-state index contributed by atoms with van der Waals surface area (Å²) in [6.07, 6.45) is 4.42. The number of rotatable bonds is 0. The van der Waals surface area contributed by atoms with E-state index in [1.54, 1.807) is 19.0 Å². The van der Waals surface area contributed by atoms with E-state index >= 15 is 0 Å². The van der Waals surface area contributed by atoms with Gasteiger partial charge in [-0.05, 0) is 25.7 Å². The molecule has 0 aromatic carbocycles. The largest absolute Gasteiger partial charge is 0.351 e. The average molecular weight is 239 g/mol. The molecule has 0 aromatic heterocycles. The van der Waals surface area contributed by atoms with Crippen LogP contribution < -0.4 is 5.32 Å². The molecular formula is C12H21N3O2. The molecule has 2 fully saturated rings. The fourth-order valence-electron chi connectivity index (χ4n) is 2.82. The monoisotopic (exact) mass is 239 g/mol. The van der Waals surface area contributed by atoms with Crippen molar-refractivity contribution in [2.45, 2.75) is 37.6 Å². The van der Waals surface area contributed by atoms with E-state index in [9.17, 15) is 9.59 Å². The smallest absolute Gasteiger partial charge is 0.319 e. The molecule has 0 radical (unpaired) electrons. The summed E-state index contributed by atoms with van der Waals surface area (Å²) in [4.78, 5) is 26.7. The predicted octanol–water partition coefficient (Wildman–Crippen LogP) is 0.803. The number of hydrogen-bond acceptors (Lipinski definition) is 2. The molecule has 3 amide bonds. The van der Waals surface area contributed by atoms with Crippen molar-refractivity contribution >= 4 is 11.9 Å². The lowest BCUT2D eigenvalue weighted by molar-refractivity contribution is -0.119. The lowest BCUT2D eigenvalue weighted by Gasteiger charge is -2.28. The Hall–Kier alpha value is -1.26. The van der Waals surface area contributed by atoms with E-state index in [2.05, 4.69) is 5.32 Å². The molecule has 1 atom stereocenters. The van der Waals surface area contributed by atoms with Gasteiger partial charge in [0.05, 0.1) is 0 Å². The third kappa shape index (κ3) is 2.53. The number of nitrogens with one attached hydrogen (secondary N) is 1. The highest BCUT2D eigenvalue weighted by Crippen LogP contribution is 2.31. The van der Waals surface area contributed by atoms with Gasteiger partial charge in [-0.15, -0.1) is 0 Å². The number of hydrogen-bond donors (Lipinski definition) is 1. The van der Waals surface area contributed by atoms with Gasteiger partial charge in [0, 0.05) is 39.1 Å². The van der Waals surface area contributed by atoms with Crippen LogP contribution in [0.15, 0.2) is 0 Å². The van der Waals surface area contributed by atoms with Gasteiger partial charge in [-0.1, -0.05) is 0 Å². The molecule has 0 unspecified atom stereocenters. The van der Waals surface area contributed by atoms with Gasteiger partial charge in [0.2, 0.25) is 5.91 Å². The van der Waals surface area contributed by atoms with Gasteiger partial charge < -0.3 is 15.1 Å². The fourth-order valence-corrected chi connectivity index (χ4v) is 2.82. The Morgan fingerprint density at radius 3 is 2.65 bits per heavy atom. The van der Waals surface area contributed by atoms with Crippen LogP contribution in [0.4, 0.5) is 4.79 Å². The Kier molecular flexibility index (Phi) is 3.26. The first kappa shape index (κ1) is 12.2. The third-order valence-corrected chi connectivity index (χ3v) is 3.83. The van der Waals surface area contributed by atoms with E-state index < -0.39 is 0 Å². The van der Waals surface area contributed by atoms with Crippen molar-refractivity contribution in [1.82, 2.24) is 15.1 Å². The summed E-state index contributed by atoms with van der Waals surface area (Å²) in [5.41, 5.74) is -0.0293. The zero-order valence-corrected chi connectivity index (χ0v) is 10.7. The second kappa shape index (κ2) is 4.55. The van der Waals surface area contributed by atoms with E-state index in [-0.39, 0.29) is 17.5 Å². The molecule has 1 N–H and O–H groups in total. The zero-order chi connectivity index (χ0) is 12.5. The van der Waals surface area contributed by atoms with Crippen molar-refractivity contribution in [2.24, 2.45) is 0 Å². The van der Waals surface area contributed by atoms with E-state index in [4.69, 9.17) is 0 Å². The van der Waals surface area contributed by atoms with Crippen LogP contribution in [0, 0.1) is 0 Å². The van der Waals surface area contributed by atoms with Crippen molar-refractivity contribution in [2.75, 3.05) is 27.2 Å². The molecule has 17 heavy (non-hydrogen) atoms. The van der Waals surface area contributed by atoms with Gasteiger partial charge in [-0.2, -0.15) is 0 Å². The van der Waals surface area contributed by atoms with Crippen LogP contribution in [0.3, 0.4) is 0 Å². The molecule has 1 spiro atoms. The molecule has 2 saturated heterocycles. The van der Waals surface area contributed by atoms with E-state index in [0.29, 0.717) is 6.42 Å². The maximum Gasteiger partial charge on any atom is 0.319 e. The minimum absolute atomic E-state index is 0.0293. The molecule has 5 heteroatoms. The number of nitrogens with zero attached hydrogens (tertiary/aromatic N) is 2. The quantitative estimate of drug-likeness (QED) is 0.680. The maximum atomic E-state index is 11.9. The normalized spacial score (nSPS) is 29.1. The number of carbonyl (C=O) groups is 2. The van der Waals surface area contributed by atoms with Crippen molar-refractivity contribution in [3.05, 3.63) is 0 Å². The van der Waals surface area contributed by atoms with Crippen LogP contribution >= 0.6 is 0 Å². The third-order valence-electron chi connectivity index (χ3n) is 3.83. The molecular weight excluding hydrogens is 218 g/mol. The number of amides is 3. The predicted molar refractivity (Wildman–Crippen MR) is 64.6 cm³/mol. The van der Waals surface area contributed by atoms with E-state index in [1.807, 2.05) is 4.90 Å². The van der Waals surface area contributed by atoms with Gasteiger partial charge in [0.1, 0.15) is 0 Å². The summed E-state index contributed by atoms with van der Waals surface area (Å²) in [7, 11) is 3.56. The summed E-state index contributed by atoms with van der Waals surface area (Å²) in [6.45, 7) is 1.55. The van der Waals surface area contributed by atoms with Crippen LogP contribution in [0.2, 0.25) is 0 Å². The minimum atomic E-state index is -0.0293. The van der Waals surface area contributed by atoms with Gasteiger partial charge in [-0.25, -0.2) is 4.79 Å². The van der Waals surface area contributed by atoms with Crippen LogP contribution in [0.1, 0.15) is 32.1 Å².